The van der Waals surface area contributed by atoms with Crippen molar-refractivity contribution < 1.29 is 9.32 Å². The molecule has 3 heterocycles. The molecule has 0 radical (unpaired) electrons. The number of rotatable bonds is 7. The lowest BCUT2D eigenvalue weighted by atomic mass is 9.93. The van der Waals surface area contributed by atoms with Crippen LogP contribution in [0.25, 0.3) is 22.2 Å². The molecule has 0 saturated heterocycles. The van der Waals surface area contributed by atoms with Crippen molar-refractivity contribution in [2.24, 2.45) is 0 Å². The highest BCUT2D eigenvalue weighted by Crippen LogP contribution is 2.33. The zero-order valence-electron chi connectivity index (χ0n) is 19.6. The third-order valence-electron chi connectivity index (χ3n) is 5.43. The molecule has 0 spiro atoms. The Kier molecular flexibility index (Phi) is 6.36. The Morgan fingerprint density at radius 2 is 1.97 bits per heavy atom. The quantitative estimate of drug-likeness (QED) is 0.245. The molecular weight excluding hydrogens is 430 g/mol. The molecule has 9 heteroatoms. The smallest absolute Gasteiger partial charge is 0.324 e. The van der Waals surface area contributed by atoms with Gasteiger partial charge in [0, 0.05) is 35.5 Å². The van der Waals surface area contributed by atoms with E-state index >= 15 is 0 Å². The molecule has 4 rings (SSSR count). The number of hydrogen-bond donors (Lipinski definition) is 3. The maximum absolute atomic E-state index is 12.4. The number of nitrogen functional groups attached to an aromatic ring is 1. The van der Waals surface area contributed by atoms with Gasteiger partial charge in [0.25, 0.3) is 0 Å². The van der Waals surface area contributed by atoms with E-state index in [1.807, 2.05) is 57.3 Å². The number of anilines is 3. The van der Waals surface area contributed by atoms with Crippen LogP contribution >= 0.6 is 0 Å². The zero-order valence-corrected chi connectivity index (χ0v) is 19.6. The summed E-state index contributed by atoms with van der Waals surface area (Å²) in [6.45, 7) is 10.6. The SMILES string of the molecule is C=CCCCn1cc(-c2ccc(NC(=O)Nc3cc(C(C)(C)C)on3)cc2)c2c(N)ncnc21. The Hall–Kier alpha value is -4.14. The van der Waals surface area contributed by atoms with E-state index < -0.39 is 6.03 Å². The third kappa shape index (κ3) is 4.93. The third-order valence-corrected chi connectivity index (χ3v) is 5.43. The Morgan fingerprint density at radius 1 is 1.21 bits per heavy atom. The summed E-state index contributed by atoms with van der Waals surface area (Å²) in [6, 6.07) is 8.84. The largest absolute Gasteiger partial charge is 0.383 e. The van der Waals surface area contributed by atoms with Crippen LogP contribution in [0.2, 0.25) is 0 Å². The lowest BCUT2D eigenvalue weighted by Gasteiger charge is -2.12. The number of carbonyl (C=O) groups excluding carboxylic acids is 1. The summed E-state index contributed by atoms with van der Waals surface area (Å²) < 4.78 is 7.40. The van der Waals surface area contributed by atoms with Crippen LogP contribution in [0.1, 0.15) is 39.4 Å². The lowest BCUT2D eigenvalue weighted by molar-refractivity contribution is 0.262. The van der Waals surface area contributed by atoms with E-state index in [-0.39, 0.29) is 5.41 Å². The fourth-order valence-electron chi connectivity index (χ4n) is 3.64. The Labute approximate surface area is 198 Å². The number of nitrogens with one attached hydrogen (secondary N) is 2. The molecule has 0 bridgehead atoms. The molecule has 4 aromatic rings. The van der Waals surface area contributed by atoms with E-state index in [0.717, 1.165) is 41.5 Å². The van der Waals surface area contributed by atoms with Crippen molar-refractivity contribution in [2.45, 2.75) is 45.6 Å². The number of nitrogens with zero attached hydrogens (tertiary/aromatic N) is 4. The highest BCUT2D eigenvalue weighted by atomic mass is 16.5. The molecule has 3 aromatic heterocycles. The van der Waals surface area contributed by atoms with Gasteiger partial charge in [0.05, 0.1) is 5.39 Å². The van der Waals surface area contributed by atoms with Crippen molar-refractivity contribution in [2.75, 3.05) is 16.4 Å². The highest BCUT2D eigenvalue weighted by Gasteiger charge is 2.20. The molecule has 34 heavy (non-hydrogen) atoms. The lowest BCUT2D eigenvalue weighted by Crippen LogP contribution is -2.19. The van der Waals surface area contributed by atoms with Crippen molar-refractivity contribution in [1.82, 2.24) is 19.7 Å². The van der Waals surface area contributed by atoms with Gasteiger partial charge in [0.1, 0.15) is 23.6 Å². The predicted molar refractivity (Wildman–Crippen MR) is 135 cm³/mol. The number of allylic oxidation sites excluding steroid dienone is 1. The fourth-order valence-corrected chi connectivity index (χ4v) is 3.64. The number of fused-ring (bicyclic) bond motifs is 1. The first-order valence-corrected chi connectivity index (χ1v) is 11.1. The molecule has 0 aliphatic heterocycles. The number of aryl methyl sites for hydroxylation is 1. The van der Waals surface area contributed by atoms with Gasteiger partial charge < -0.3 is 20.1 Å². The molecular formula is C25H29N7O2. The van der Waals surface area contributed by atoms with Crippen molar-refractivity contribution >= 4 is 34.4 Å². The van der Waals surface area contributed by atoms with Gasteiger partial charge >= 0.3 is 6.03 Å². The van der Waals surface area contributed by atoms with Gasteiger partial charge in [-0.05, 0) is 30.5 Å². The van der Waals surface area contributed by atoms with Crippen LogP contribution in [0.3, 0.4) is 0 Å². The monoisotopic (exact) mass is 459 g/mol. The standard InChI is InChI=1S/C25H29N7O2/c1-5-6-7-12-32-14-18(21-22(26)27-15-28-23(21)32)16-8-10-17(11-9-16)29-24(33)30-20-13-19(34-31-20)25(2,3)4/h5,8-11,13-15H,1,6-7,12H2,2-4H3,(H2,26,27,28)(H2,29,30,31,33). The first-order chi connectivity index (χ1) is 16.3. The molecule has 0 fully saturated rings. The minimum atomic E-state index is -0.405. The molecule has 176 valence electrons. The first kappa shape index (κ1) is 23.0. The maximum atomic E-state index is 12.4. The van der Waals surface area contributed by atoms with E-state index in [1.54, 1.807) is 6.07 Å². The van der Waals surface area contributed by atoms with Crippen LogP contribution in [0, 0.1) is 0 Å². The zero-order chi connectivity index (χ0) is 24.3. The number of amides is 2. The van der Waals surface area contributed by atoms with Crippen molar-refractivity contribution in [3.63, 3.8) is 0 Å². The van der Waals surface area contributed by atoms with Crippen molar-refractivity contribution in [3.05, 3.63) is 61.3 Å². The second-order valence-electron chi connectivity index (χ2n) is 9.11. The van der Waals surface area contributed by atoms with Gasteiger partial charge in [-0.15, -0.1) is 6.58 Å². The molecule has 0 aliphatic carbocycles. The van der Waals surface area contributed by atoms with Gasteiger partial charge in [-0.3, -0.25) is 5.32 Å². The fraction of sp³-hybridized carbons (Fsp3) is 0.280. The van der Waals surface area contributed by atoms with Crippen LogP contribution in [-0.2, 0) is 12.0 Å². The van der Waals surface area contributed by atoms with E-state index in [4.69, 9.17) is 10.3 Å². The molecule has 1 aromatic carbocycles. The summed E-state index contributed by atoms with van der Waals surface area (Å²) in [5.41, 5.74) is 9.34. The summed E-state index contributed by atoms with van der Waals surface area (Å²) in [5.74, 6) is 1.49. The molecule has 0 atom stereocenters. The second kappa shape index (κ2) is 9.38. The summed E-state index contributed by atoms with van der Waals surface area (Å²) >= 11 is 0. The molecule has 0 saturated carbocycles. The van der Waals surface area contributed by atoms with Crippen LogP contribution in [-0.4, -0.2) is 25.7 Å². The van der Waals surface area contributed by atoms with E-state index in [2.05, 4.69) is 36.9 Å². The number of nitrogens with two attached hydrogens (primary N) is 1. The topological polar surface area (TPSA) is 124 Å². The number of aromatic nitrogens is 4. The van der Waals surface area contributed by atoms with Gasteiger partial charge in [-0.1, -0.05) is 44.1 Å². The summed E-state index contributed by atoms with van der Waals surface area (Å²) in [5, 5.41) is 10.2. The Bertz CT molecular complexity index is 1310. The molecule has 9 nitrogen and oxygen atoms in total. The number of hydrogen-bond acceptors (Lipinski definition) is 6. The second-order valence-corrected chi connectivity index (χ2v) is 9.11. The average Bonchev–Trinajstić information content (AvgIpc) is 3.40. The molecule has 0 aliphatic rings. The minimum absolute atomic E-state index is 0.192. The van der Waals surface area contributed by atoms with E-state index in [0.29, 0.717) is 23.1 Å². The summed E-state index contributed by atoms with van der Waals surface area (Å²) in [7, 11) is 0. The van der Waals surface area contributed by atoms with Gasteiger partial charge in [0.15, 0.2) is 5.82 Å². The van der Waals surface area contributed by atoms with E-state index in [9.17, 15) is 4.79 Å². The van der Waals surface area contributed by atoms with Crippen LogP contribution in [0.5, 0.6) is 0 Å². The van der Waals surface area contributed by atoms with Crippen molar-refractivity contribution in [1.29, 1.82) is 0 Å². The normalized spacial score (nSPS) is 11.5. The Balaban J connectivity index is 1.51. The number of urea groups is 1. The number of benzene rings is 1. The van der Waals surface area contributed by atoms with E-state index in [1.165, 1.54) is 6.33 Å². The number of carbonyl (C=O) groups is 1. The van der Waals surface area contributed by atoms with Crippen LogP contribution < -0.4 is 16.4 Å². The highest BCUT2D eigenvalue weighted by molar-refractivity contribution is 6.02. The minimum Gasteiger partial charge on any atom is -0.383 e. The molecule has 4 N–H and O–H groups in total. The van der Waals surface area contributed by atoms with Gasteiger partial charge in [-0.2, -0.15) is 0 Å². The first-order valence-electron chi connectivity index (χ1n) is 11.1. The maximum Gasteiger partial charge on any atom is 0.324 e. The Morgan fingerprint density at radius 3 is 2.65 bits per heavy atom. The van der Waals surface area contributed by atoms with Gasteiger partial charge in [0.2, 0.25) is 0 Å². The van der Waals surface area contributed by atoms with Gasteiger partial charge in [-0.25, -0.2) is 14.8 Å². The molecule has 2 amide bonds. The summed E-state index contributed by atoms with van der Waals surface area (Å²) in [6.07, 6.45) is 7.31. The predicted octanol–water partition coefficient (Wildman–Crippen LogP) is 5.58. The van der Waals surface area contributed by atoms with Crippen LogP contribution in [0.4, 0.5) is 22.1 Å². The summed E-state index contributed by atoms with van der Waals surface area (Å²) in [4.78, 5) is 21.0. The van der Waals surface area contributed by atoms with Crippen molar-refractivity contribution in [3.8, 4) is 11.1 Å². The van der Waals surface area contributed by atoms with Crippen LogP contribution in [0.15, 0.2) is 60.0 Å². The average molecular weight is 460 g/mol. The number of unbranched alkanes of at least 4 members (excludes halogenated alkanes) is 1. The molecule has 0 unspecified atom stereocenters.